The number of H-pyrrole nitrogens is 1. The molecule has 0 aliphatic carbocycles. The molecular weight excluding hydrogens is 336 g/mol. The highest BCUT2D eigenvalue weighted by molar-refractivity contribution is 6.00. The first-order chi connectivity index (χ1) is 12.5. The van der Waals surface area contributed by atoms with E-state index < -0.39 is 4.92 Å². The fourth-order valence-corrected chi connectivity index (χ4v) is 3.66. The Bertz CT molecular complexity index is 1060. The van der Waals surface area contributed by atoms with Gasteiger partial charge in [-0.1, -0.05) is 12.1 Å². The van der Waals surface area contributed by atoms with Gasteiger partial charge in [-0.05, 0) is 47.0 Å². The molecule has 2 heterocycles. The zero-order chi connectivity index (χ0) is 18.4. The Morgan fingerprint density at radius 2 is 2.12 bits per heavy atom. The van der Waals surface area contributed by atoms with Crippen LogP contribution in [-0.2, 0) is 13.0 Å². The standard InChI is InChI=1S/C18H16N4O4/c1-21-6-5-12-13(10-3-2-4-11(7-10)22(25)26)8-14-16(15(12)9-21)19-18(23)17(14)20-24/h2-4,7-8,19,23H,5-6,9H2,1H3. The average molecular weight is 352 g/mol. The van der Waals surface area contributed by atoms with Crippen LogP contribution < -0.4 is 0 Å². The number of hydrogen-bond acceptors (Lipinski definition) is 6. The molecule has 8 heteroatoms. The van der Waals surface area contributed by atoms with Crippen LogP contribution in [0.3, 0.4) is 0 Å². The van der Waals surface area contributed by atoms with Gasteiger partial charge in [0, 0.05) is 30.6 Å². The van der Waals surface area contributed by atoms with Gasteiger partial charge in [-0.2, -0.15) is 0 Å². The van der Waals surface area contributed by atoms with E-state index in [1.165, 1.54) is 12.1 Å². The van der Waals surface area contributed by atoms with E-state index in [0.717, 1.165) is 29.7 Å². The van der Waals surface area contributed by atoms with E-state index in [1.54, 1.807) is 12.1 Å². The minimum atomic E-state index is -0.428. The first kappa shape index (κ1) is 16.2. The van der Waals surface area contributed by atoms with Crippen LogP contribution in [0.25, 0.3) is 22.0 Å². The molecule has 3 aromatic rings. The number of likely N-dealkylation sites (N-methyl/N-ethyl adjacent to an activating group) is 1. The molecule has 0 saturated heterocycles. The number of hydrogen-bond donors (Lipinski definition) is 2. The van der Waals surface area contributed by atoms with Gasteiger partial charge in [0.1, 0.15) is 0 Å². The summed E-state index contributed by atoms with van der Waals surface area (Å²) in [4.78, 5) is 26.9. The second kappa shape index (κ2) is 5.92. The minimum absolute atomic E-state index is 0.00919. The van der Waals surface area contributed by atoms with Crippen molar-refractivity contribution in [3.63, 3.8) is 0 Å². The molecule has 2 N–H and O–H groups in total. The molecule has 1 aromatic heterocycles. The summed E-state index contributed by atoms with van der Waals surface area (Å²) in [5, 5.41) is 24.6. The third kappa shape index (κ3) is 2.42. The van der Waals surface area contributed by atoms with E-state index in [9.17, 15) is 20.1 Å². The highest BCUT2D eigenvalue weighted by Crippen LogP contribution is 2.43. The number of nitroso groups, excluding NO2 is 1. The number of nitrogens with one attached hydrogen (secondary N) is 1. The molecule has 0 radical (unpaired) electrons. The third-order valence-corrected chi connectivity index (χ3v) is 4.90. The molecule has 0 atom stereocenters. The van der Waals surface area contributed by atoms with Gasteiger partial charge in [-0.25, -0.2) is 0 Å². The highest BCUT2D eigenvalue weighted by atomic mass is 16.6. The predicted octanol–water partition coefficient (Wildman–Crippen LogP) is 3.83. The van der Waals surface area contributed by atoms with Crippen LogP contribution in [0.5, 0.6) is 5.88 Å². The number of nitro groups is 1. The topological polar surface area (TPSA) is 112 Å². The van der Waals surface area contributed by atoms with Gasteiger partial charge in [-0.3, -0.25) is 10.1 Å². The van der Waals surface area contributed by atoms with Crippen molar-refractivity contribution in [2.45, 2.75) is 13.0 Å². The van der Waals surface area contributed by atoms with Crippen molar-refractivity contribution < 1.29 is 10.0 Å². The Balaban J connectivity index is 2.04. The molecule has 0 saturated carbocycles. The fourth-order valence-electron chi connectivity index (χ4n) is 3.66. The number of aromatic nitrogens is 1. The van der Waals surface area contributed by atoms with E-state index in [0.29, 0.717) is 23.0 Å². The zero-order valence-electron chi connectivity index (χ0n) is 14.0. The van der Waals surface area contributed by atoms with Gasteiger partial charge in [0.2, 0.25) is 5.88 Å². The molecule has 0 bridgehead atoms. The quantitative estimate of drug-likeness (QED) is 0.422. The number of non-ortho nitro benzene ring substituents is 1. The van der Waals surface area contributed by atoms with Crippen molar-refractivity contribution in [2.75, 3.05) is 13.6 Å². The molecule has 0 fully saturated rings. The Hall–Kier alpha value is -3.26. The molecule has 1 aliphatic rings. The molecule has 8 nitrogen and oxygen atoms in total. The van der Waals surface area contributed by atoms with E-state index in [2.05, 4.69) is 15.1 Å². The number of nitro benzene ring substituents is 1. The molecule has 0 spiro atoms. The Morgan fingerprint density at radius 1 is 1.31 bits per heavy atom. The summed E-state index contributed by atoms with van der Waals surface area (Å²) in [6, 6.07) is 8.22. The molecular formula is C18H16N4O4. The highest BCUT2D eigenvalue weighted by Gasteiger charge is 2.25. The van der Waals surface area contributed by atoms with E-state index in [1.807, 2.05) is 13.1 Å². The van der Waals surface area contributed by atoms with Gasteiger partial charge >= 0.3 is 0 Å². The van der Waals surface area contributed by atoms with Crippen LogP contribution in [0.15, 0.2) is 35.5 Å². The summed E-state index contributed by atoms with van der Waals surface area (Å²) in [5.74, 6) is -0.262. The van der Waals surface area contributed by atoms with Crippen molar-refractivity contribution in [2.24, 2.45) is 5.18 Å². The molecule has 26 heavy (non-hydrogen) atoms. The Labute approximate surface area is 148 Å². The molecule has 132 valence electrons. The molecule has 0 amide bonds. The van der Waals surface area contributed by atoms with Gasteiger partial charge in [0.15, 0.2) is 5.69 Å². The van der Waals surface area contributed by atoms with E-state index in [-0.39, 0.29) is 17.3 Å². The lowest BCUT2D eigenvalue weighted by Crippen LogP contribution is -2.27. The maximum Gasteiger partial charge on any atom is 0.270 e. The summed E-state index contributed by atoms with van der Waals surface area (Å²) >= 11 is 0. The van der Waals surface area contributed by atoms with Crippen LogP contribution in [0.1, 0.15) is 11.1 Å². The van der Waals surface area contributed by atoms with Crippen LogP contribution >= 0.6 is 0 Å². The SMILES string of the molecule is CN1CCc2c(-c3cccc([N+](=O)[O-])c3)cc3c(N=O)c(O)[nH]c3c2C1. The largest absolute Gasteiger partial charge is 0.493 e. The predicted molar refractivity (Wildman–Crippen MR) is 97.5 cm³/mol. The van der Waals surface area contributed by atoms with Crippen LogP contribution in [-0.4, -0.2) is 33.5 Å². The second-order valence-corrected chi connectivity index (χ2v) is 6.51. The summed E-state index contributed by atoms with van der Waals surface area (Å²) in [7, 11) is 2.00. The zero-order valence-corrected chi connectivity index (χ0v) is 14.0. The fraction of sp³-hybridized carbons (Fsp3) is 0.222. The molecule has 0 unspecified atom stereocenters. The van der Waals surface area contributed by atoms with Crippen LogP contribution in [0, 0.1) is 15.0 Å². The third-order valence-electron chi connectivity index (χ3n) is 4.90. The van der Waals surface area contributed by atoms with Crippen LogP contribution in [0.4, 0.5) is 11.4 Å². The minimum Gasteiger partial charge on any atom is -0.493 e. The second-order valence-electron chi connectivity index (χ2n) is 6.51. The van der Waals surface area contributed by atoms with E-state index in [4.69, 9.17) is 0 Å². The normalized spacial score (nSPS) is 14.3. The summed E-state index contributed by atoms with van der Waals surface area (Å²) in [5.41, 5.74) is 4.23. The molecule has 1 aliphatic heterocycles. The van der Waals surface area contributed by atoms with Gasteiger partial charge in [0.25, 0.3) is 5.69 Å². The van der Waals surface area contributed by atoms with Crippen molar-refractivity contribution in [1.29, 1.82) is 0 Å². The van der Waals surface area contributed by atoms with Crippen molar-refractivity contribution in [1.82, 2.24) is 9.88 Å². The lowest BCUT2D eigenvalue weighted by atomic mass is 9.88. The van der Waals surface area contributed by atoms with Crippen molar-refractivity contribution >= 4 is 22.3 Å². The summed E-state index contributed by atoms with van der Waals surface area (Å²) in [6.45, 7) is 1.50. The number of aromatic amines is 1. The van der Waals surface area contributed by atoms with Gasteiger partial charge < -0.3 is 15.0 Å². The smallest absolute Gasteiger partial charge is 0.270 e. The van der Waals surface area contributed by atoms with Crippen LogP contribution in [0.2, 0.25) is 0 Å². The summed E-state index contributed by atoms with van der Waals surface area (Å²) < 4.78 is 0. The molecule has 2 aromatic carbocycles. The van der Waals surface area contributed by atoms with E-state index >= 15 is 0 Å². The average Bonchev–Trinajstić information content (AvgIpc) is 2.96. The first-order valence-electron chi connectivity index (χ1n) is 8.15. The lowest BCUT2D eigenvalue weighted by molar-refractivity contribution is -0.384. The van der Waals surface area contributed by atoms with Crippen molar-refractivity contribution in [3.05, 3.63) is 56.5 Å². The Morgan fingerprint density at radius 3 is 2.85 bits per heavy atom. The summed E-state index contributed by atoms with van der Waals surface area (Å²) in [6.07, 6.45) is 0.767. The Kier molecular flexibility index (Phi) is 3.69. The number of fused-ring (bicyclic) bond motifs is 3. The molecule has 4 rings (SSSR count). The number of aromatic hydroxyl groups is 1. The maximum absolute atomic E-state index is 11.2. The number of rotatable bonds is 3. The first-order valence-corrected chi connectivity index (χ1v) is 8.15. The monoisotopic (exact) mass is 352 g/mol. The van der Waals surface area contributed by atoms with Gasteiger partial charge in [-0.15, -0.1) is 4.91 Å². The maximum atomic E-state index is 11.2. The number of benzene rings is 2. The lowest BCUT2D eigenvalue weighted by Gasteiger charge is -2.27. The van der Waals surface area contributed by atoms with Gasteiger partial charge in [0.05, 0.1) is 10.4 Å². The number of nitrogens with zero attached hydrogens (tertiary/aromatic N) is 3. The van der Waals surface area contributed by atoms with Crippen molar-refractivity contribution in [3.8, 4) is 17.0 Å².